The Morgan fingerprint density at radius 3 is 2.62 bits per heavy atom. The van der Waals surface area contributed by atoms with Gasteiger partial charge in [0.15, 0.2) is 5.76 Å². The van der Waals surface area contributed by atoms with E-state index in [2.05, 4.69) is 4.72 Å². The van der Waals surface area contributed by atoms with Gasteiger partial charge in [-0.05, 0) is 45.7 Å². The molecule has 3 rings (SSSR count). The molecule has 2 heterocycles. The van der Waals surface area contributed by atoms with E-state index < -0.39 is 15.6 Å². The fraction of sp³-hybridized carbons (Fsp3) is 0.688. The minimum Gasteiger partial charge on any atom is -0.438 e. The highest BCUT2D eigenvalue weighted by molar-refractivity contribution is 7.89. The highest BCUT2D eigenvalue weighted by atomic mass is 32.2. The number of furan rings is 1. The Morgan fingerprint density at radius 2 is 2.00 bits per heavy atom. The van der Waals surface area contributed by atoms with Gasteiger partial charge in [-0.25, -0.2) is 13.1 Å². The third-order valence-corrected chi connectivity index (χ3v) is 5.81. The summed E-state index contributed by atoms with van der Waals surface area (Å²) in [5.74, 6) is -0.244. The number of rotatable bonds is 3. The van der Waals surface area contributed by atoms with Crippen molar-refractivity contribution in [3.8, 4) is 0 Å². The lowest BCUT2D eigenvalue weighted by molar-refractivity contribution is 0.0697. The number of amides is 1. The van der Waals surface area contributed by atoms with Crippen molar-refractivity contribution in [1.82, 2.24) is 9.62 Å². The highest BCUT2D eigenvalue weighted by Gasteiger charge is 2.46. The maximum atomic E-state index is 12.7. The van der Waals surface area contributed by atoms with Gasteiger partial charge >= 0.3 is 0 Å². The second-order valence-electron chi connectivity index (χ2n) is 7.75. The lowest BCUT2D eigenvalue weighted by Gasteiger charge is -2.22. The molecule has 1 aromatic rings. The quantitative estimate of drug-likeness (QED) is 0.889. The van der Waals surface area contributed by atoms with Gasteiger partial charge in [-0.2, -0.15) is 0 Å². The monoisotopic (exact) mass is 356 g/mol. The van der Waals surface area contributed by atoms with E-state index >= 15 is 0 Å². The SMILES string of the molecule is CC(C)(C)NS(=O)(=O)c1ccc(C(=O)N2CCOCC3(CC3)C2)o1. The normalized spacial score (nSPS) is 20.9. The Balaban J connectivity index is 1.76. The second kappa shape index (κ2) is 5.86. The summed E-state index contributed by atoms with van der Waals surface area (Å²) in [5.41, 5.74) is -0.544. The Labute approximate surface area is 142 Å². The van der Waals surface area contributed by atoms with E-state index in [4.69, 9.17) is 9.15 Å². The molecule has 1 saturated heterocycles. The predicted molar refractivity (Wildman–Crippen MR) is 87.2 cm³/mol. The van der Waals surface area contributed by atoms with E-state index in [1.807, 2.05) is 0 Å². The summed E-state index contributed by atoms with van der Waals surface area (Å²) < 4.78 is 38.0. The molecule has 1 aliphatic carbocycles. The standard InChI is InChI=1S/C16H24N2O5S/c1-15(2,3)17-24(20,21)13-5-4-12(23-13)14(19)18-8-9-22-11-16(10-18)6-7-16/h4-5,17H,6-11H2,1-3H3. The molecule has 1 N–H and O–H groups in total. The maximum Gasteiger partial charge on any atom is 0.289 e. The van der Waals surface area contributed by atoms with Crippen LogP contribution >= 0.6 is 0 Å². The number of hydrogen-bond donors (Lipinski definition) is 1. The molecule has 1 aromatic heterocycles. The summed E-state index contributed by atoms with van der Waals surface area (Å²) in [4.78, 5) is 14.4. The van der Waals surface area contributed by atoms with E-state index in [-0.39, 0.29) is 22.2 Å². The molecule has 0 radical (unpaired) electrons. The van der Waals surface area contributed by atoms with Gasteiger partial charge in [-0.15, -0.1) is 0 Å². The first-order valence-electron chi connectivity index (χ1n) is 8.11. The molecule has 1 spiro atoms. The largest absolute Gasteiger partial charge is 0.438 e. The van der Waals surface area contributed by atoms with Gasteiger partial charge in [0, 0.05) is 24.0 Å². The number of carbonyl (C=O) groups is 1. The molecular weight excluding hydrogens is 332 g/mol. The van der Waals surface area contributed by atoms with Crippen LogP contribution in [0.2, 0.25) is 0 Å². The molecule has 2 aliphatic rings. The molecular formula is C16H24N2O5S. The van der Waals surface area contributed by atoms with Crippen LogP contribution in [0.1, 0.15) is 44.2 Å². The molecule has 0 unspecified atom stereocenters. The van der Waals surface area contributed by atoms with Crippen LogP contribution in [-0.2, 0) is 14.8 Å². The van der Waals surface area contributed by atoms with Gasteiger partial charge in [-0.1, -0.05) is 0 Å². The zero-order valence-corrected chi connectivity index (χ0v) is 15.1. The maximum absolute atomic E-state index is 12.7. The van der Waals surface area contributed by atoms with Crippen LogP contribution in [0.3, 0.4) is 0 Å². The molecule has 8 heteroatoms. The van der Waals surface area contributed by atoms with Crippen molar-refractivity contribution in [2.45, 2.75) is 44.2 Å². The molecule has 1 saturated carbocycles. The summed E-state index contributed by atoms with van der Waals surface area (Å²) in [6, 6.07) is 2.74. The summed E-state index contributed by atoms with van der Waals surface area (Å²) in [7, 11) is -3.79. The van der Waals surface area contributed by atoms with E-state index in [0.717, 1.165) is 12.8 Å². The second-order valence-corrected chi connectivity index (χ2v) is 9.37. The molecule has 7 nitrogen and oxygen atoms in total. The van der Waals surface area contributed by atoms with Crippen LogP contribution in [0, 0.1) is 5.41 Å². The Kier molecular flexibility index (Phi) is 4.26. The van der Waals surface area contributed by atoms with Crippen molar-refractivity contribution in [2.75, 3.05) is 26.3 Å². The molecule has 0 aromatic carbocycles. The number of hydrogen-bond acceptors (Lipinski definition) is 5. The smallest absolute Gasteiger partial charge is 0.289 e. The summed E-state index contributed by atoms with van der Waals surface area (Å²) in [5, 5.41) is -0.243. The first-order valence-corrected chi connectivity index (χ1v) is 9.60. The Bertz CT molecular complexity index is 728. The first kappa shape index (κ1) is 17.4. The van der Waals surface area contributed by atoms with Crippen LogP contribution in [-0.4, -0.2) is 51.1 Å². The fourth-order valence-corrected chi connectivity index (χ4v) is 4.19. The van der Waals surface area contributed by atoms with Crippen molar-refractivity contribution in [3.63, 3.8) is 0 Å². The van der Waals surface area contributed by atoms with Gasteiger partial charge in [0.1, 0.15) is 0 Å². The number of sulfonamides is 1. The van der Waals surface area contributed by atoms with Crippen molar-refractivity contribution in [1.29, 1.82) is 0 Å². The van der Waals surface area contributed by atoms with Gasteiger partial charge in [0.2, 0.25) is 5.09 Å². The van der Waals surface area contributed by atoms with Crippen molar-refractivity contribution >= 4 is 15.9 Å². The van der Waals surface area contributed by atoms with Gasteiger partial charge in [0.05, 0.1) is 13.2 Å². The van der Waals surface area contributed by atoms with Crippen LogP contribution < -0.4 is 4.72 Å². The lowest BCUT2D eigenvalue weighted by atomic mass is 10.1. The van der Waals surface area contributed by atoms with E-state index in [1.165, 1.54) is 12.1 Å². The Hall–Kier alpha value is -1.38. The van der Waals surface area contributed by atoms with Gasteiger partial charge in [-0.3, -0.25) is 4.79 Å². The van der Waals surface area contributed by atoms with Gasteiger partial charge in [0.25, 0.3) is 15.9 Å². The fourth-order valence-electron chi connectivity index (χ4n) is 2.83. The molecule has 1 amide bonds. The van der Waals surface area contributed by atoms with Gasteiger partial charge < -0.3 is 14.1 Å². The lowest BCUT2D eigenvalue weighted by Crippen LogP contribution is -2.40. The summed E-state index contributed by atoms with van der Waals surface area (Å²) in [6.45, 7) is 7.52. The number of ether oxygens (including phenoxy) is 1. The van der Waals surface area contributed by atoms with E-state index in [9.17, 15) is 13.2 Å². The molecule has 134 valence electrons. The Morgan fingerprint density at radius 1 is 1.29 bits per heavy atom. The zero-order chi connectivity index (χ0) is 17.6. The van der Waals surface area contributed by atoms with Crippen LogP contribution in [0.5, 0.6) is 0 Å². The van der Waals surface area contributed by atoms with Crippen LogP contribution in [0.4, 0.5) is 0 Å². The van der Waals surface area contributed by atoms with E-state index in [1.54, 1.807) is 25.7 Å². The van der Waals surface area contributed by atoms with Crippen LogP contribution in [0.15, 0.2) is 21.6 Å². The van der Waals surface area contributed by atoms with Crippen molar-refractivity contribution in [2.24, 2.45) is 5.41 Å². The third kappa shape index (κ3) is 3.81. The minimum absolute atomic E-state index is 0.0435. The molecule has 1 aliphatic heterocycles. The first-order chi connectivity index (χ1) is 11.1. The third-order valence-electron chi connectivity index (χ3n) is 4.18. The van der Waals surface area contributed by atoms with Crippen LogP contribution in [0.25, 0.3) is 0 Å². The minimum atomic E-state index is -3.79. The summed E-state index contributed by atoms with van der Waals surface area (Å²) >= 11 is 0. The average molecular weight is 356 g/mol. The number of carbonyl (C=O) groups excluding carboxylic acids is 1. The van der Waals surface area contributed by atoms with Crippen molar-refractivity contribution < 1.29 is 22.4 Å². The molecule has 24 heavy (non-hydrogen) atoms. The average Bonchev–Trinajstić information content (AvgIpc) is 3.09. The highest BCUT2D eigenvalue weighted by Crippen LogP contribution is 2.47. The van der Waals surface area contributed by atoms with E-state index in [0.29, 0.717) is 26.3 Å². The summed E-state index contributed by atoms with van der Waals surface area (Å²) in [6.07, 6.45) is 2.12. The predicted octanol–water partition coefficient (Wildman–Crippen LogP) is 1.61. The molecule has 0 bridgehead atoms. The molecule has 0 atom stereocenters. The zero-order valence-electron chi connectivity index (χ0n) is 14.3. The number of nitrogens with one attached hydrogen (secondary N) is 1. The van der Waals surface area contributed by atoms with Crippen molar-refractivity contribution in [3.05, 3.63) is 17.9 Å². The molecule has 2 fully saturated rings. The number of nitrogens with zero attached hydrogens (tertiary/aromatic N) is 1. The topological polar surface area (TPSA) is 88.9 Å².